The van der Waals surface area contributed by atoms with Gasteiger partial charge in [0.15, 0.2) is 0 Å². The molecule has 0 aliphatic rings. The Bertz CT molecular complexity index is 776. The minimum absolute atomic E-state index is 0.309. The zero-order valence-corrected chi connectivity index (χ0v) is 13.8. The van der Waals surface area contributed by atoms with E-state index in [1.165, 1.54) is 6.21 Å². The lowest BCUT2D eigenvalue weighted by molar-refractivity contribution is 0.0525. The molecular weight excluding hydrogens is 308 g/mol. The van der Waals surface area contributed by atoms with Crippen LogP contribution in [0, 0.1) is 13.8 Å². The number of carbonyl (C=O) groups is 2. The first-order chi connectivity index (χ1) is 11.4. The maximum atomic E-state index is 11.9. The normalized spacial score (nSPS) is 10.8. The maximum absolute atomic E-state index is 11.9. The molecule has 1 heterocycles. The molecule has 1 amide bonds. The van der Waals surface area contributed by atoms with E-state index in [0.29, 0.717) is 34.8 Å². The van der Waals surface area contributed by atoms with Gasteiger partial charge in [-0.3, -0.25) is 4.79 Å². The standard InChI is InChI=1S/C17H20N4O3/c1-4-24-17(23)15-10(2)14(20-11(15)3)9-19-21-16(22)12-5-7-13(18)8-6-12/h5-9,20H,4,18H2,1-3H3,(H,21,22)/b19-9+. The summed E-state index contributed by atoms with van der Waals surface area (Å²) >= 11 is 0. The number of nitrogens with one attached hydrogen (secondary N) is 2. The van der Waals surface area contributed by atoms with Crippen LogP contribution in [0.2, 0.25) is 0 Å². The fraction of sp³-hybridized carbons (Fsp3) is 0.235. The lowest BCUT2D eigenvalue weighted by atomic mass is 10.1. The quantitative estimate of drug-likeness (QED) is 0.338. The van der Waals surface area contributed by atoms with Crippen molar-refractivity contribution >= 4 is 23.8 Å². The van der Waals surface area contributed by atoms with E-state index in [0.717, 1.165) is 5.56 Å². The van der Waals surface area contributed by atoms with E-state index in [9.17, 15) is 9.59 Å². The lowest BCUT2D eigenvalue weighted by Gasteiger charge is -2.02. The van der Waals surface area contributed by atoms with Gasteiger partial charge < -0.3 is 15.5 Å². The summed E-state index contributed by atoms with van der Waals surface area (Å²) < 4.78 is 5.03. The van der Waals surface area contributed by atoms with Crippen molar-refractivity contribution in [2.24, 2.45) is 5.10 Å². The minimum Gasteiger partial charge on any atom is -0.462 e. The molecule has 0 saturated carbocycles. The average molecular weight is 328 g/mol. The predicted octanol–water partition coefficient (Wildman–Crippen LogP) is 2.15. The van der Waals surface area contributed by atoms with Gasteiger partial charge in [-0.05, 0) is 50.6 Å². The van der Waals surface area contributed by atoms with Crippen LogP contribution in [0.5, 0.6) is 0 Å². The summed E-state index contributed by atoms with van der Waals surface area (Å²) in [6.45, 7) is 5.64. The van der Waals surface area contributed by atoms with Gasteiger partial charge in [-0.25, -0.2) is 10.2 Å². The van der Waals surface area contributed by atoms with Crippen molar-refractivity contribution in [3.8, 4) is 0 Å². The smallest absolute Gasteiger partial charge is 0.340 e. The van der Waals surface area contributed by atoms with E-state index >= 15 is 0 Å². The second-order valence-electron chi connectivity index (χ2n) is 5.21. The maximum Gasteiger partial charge on any atom is 0.340 e. The van der Waals surface area contributed by atoms with Crippen LogP contribution in [0.15, 0.2) is 29.4 Å². The summed E-state index contributed by atoms with van der Waals surface area (Å²) in [7, 11) is 0. The van der Waals surface area contributed by atoms with Gasteiger partial charge >= 0.3 is 5.97 Å². The molecule has 0 atom stereocenters. The van der Waals surface area contributed by atoms with Crippen LogP contribution in [0.1, 0.15) is 44.6 Å². The monoisotopic (exact) mass is 328 g/mol. The molecule has 0 aliphatic heterocycles. The van der Waals surface area contributed by atoms with Crippen molar-refractivity contribution in [3.05, 3.63) is 52.3 Å². The number of hydrogen-bond donors (Lipinski definition) is 3. The lowest BCUT2D eigenvalue weighted by Crippen LogP contribution is -2.17. The zero-order chi connectivity index (χ0) is 17.7. The van der Waals surface area contributed by atoms with E-state index in [4.69, 9.17) is 10.5 Å². The van der Waals surface area contributed by atoms with Gasteiger partial charge in [-0.2, -0.15) is 5.10 Å². The number of nitrogens with zero attached hydrogens (tertiary/aromatic N) is 1. The number of anilines is 1. The molecule has 0 bridgehead atoms. The molecule has 2 rings (SSSR count). The molecule has 0 unspecified atom stereocenters. The van der Waals surface area contributed by atoms with Gasteiger partial charge in [-0.1, -0.05) is 0 Å². The number of amides is 1. The van der Waals surface area contributed by atoms with Crippen molar-refractivity contribution < 1.29 is 14.3 Å². The van der Waals surface area contributed by atoms with Gasteiger partial charge in [0.05, 0.1) is 24.1 Å². The summed E-state index contributed by atoms with van der Waals surface area (Å²) in [5, 5.41) is 3.92. The molecule has 0 saturated heterocycles. The number of hydrazone groups is 1. The van der Waals surface area contributed by atoms with Crippen LogP contribution < -0.4 is 11.2 Å². The third-order valence-corrected chi connectivity index (χ3v) is 3.49. The fourth-order valence-electron chi connectivity index (χ4n) is 2.27. The largest absolute Gasteiger partial charge is 0.462 e. The van der Waals surface area contributed by atoms with Crippen LogP contribution in [-0.2, 0) is 4.74 Å². The summed E-state index contributed by atoms with van der Waals surface area (Å²) in [4.78, 5) is 26.9. The Morgan fingerprint density at radius 1 is 1.29 bits per heavy atom. The molecule has 1 aromatic heterocycles. The van der Waals surface area contributed by atoms with Crippen LogP contribution in [0.3, 0.4) is 0 Å². The second kappa shape index (κ2) is 7.45. The number of aromatic amines is 1. The van der Waals surface area contributed by atoms with E-state index < -0.39 is 0 Å². The third-order valence-electron chi connectivity index (χ3n) is 3.49. The summed E-state index contributed by atoms with van der Waals surface area (Å²) in [5.41, 5.74) is 11.6. The van der Waals surface area contributed by atoms with E-state index in [-0.39, 0.29) is 11.9 Å². The highest BCUT2D eigenvalue weighted by molar-refractivity contribution is 5.97. The number of carbonyl (C=O) groups excluding carboxylic acids is 2. The Kier molecular flexibility index (Phi) is 5.36. The SMILES string of the molecule is CCOC(=O)c1c(C)[nH]c(/C=N/NC(=O)c2ccc(N)cc2)c1C. The van der Waals surface area contributed by atoms with Gasteiger partial charge in [0.25, 0.3) is 5.91 Å². The Morgan fingerprint density at radius 3 is 2.58 bits per heavy atom. The Labute approximate surface area is 139 Å². The summed E-state index contributed by atoms with van der Waals surface area (Å²) in [5.74, 6) is -0.730. The van der Waals surface area contributed by atoms with Crippen molar-refractivity contribution in [2.45, 2.75) is 20.8 Å². The molecule has 1 aromatic carbocycles. The van der Waals surface area contributed by atoms with E-state index in [1.54, 1.807) is 45.0 Å². The number of hydrogen-bond acceptors (Lipinski definition) is 5. The fourth-order valence-corrected chi connectivity index (χ4v) is 2.27. The molecule has 7 nitrogen and oxygen atoms in total. The summed E-state index contributed by atoms with van der Waals surface area (Å²) in [6.07, 6.45) is 1.46. The number of nitrogens with two attached hydrogens (primary N) is 1. The topological polar surface area (TPSA) is 110 Å². The predicted molar refractivity (Wildman–Crippen MR) is 92.1 cm³/mol. The van der Waals surface area contributed by atoms with Crippen LogP contribution >= 0.6 is 0 Å². The Balaban J connectivity index is 2.09. The van der Waals surface area contributed by atoms with Crippen molar-refractivity contribution in [1.29, 1.82) is 0 Å². The molecule has 24 heavy (non-hydrogen) atoms. The molecule has 0 aliphatic carbocycles. The molecule has 2 aromatic rings. The first kappa shape index (κ1) is 17.3. The molecule has 4 N–H and O–H groups in total. The highest BCUT2D eigenvalue weighted by Crippen LogP contribution is 2.17. The number of nitrogen functional groups attached to an aromatic ring is 1. The van der Waals surface area contributed by atoms with Gasteiger partial charge in [0.1, 0.15) is 0 Å². The molecule has 0 radical (unpaired) electrons. The number of aromatic nitrogens is 1. The van der Waals surface area contributed by atoms with Crippen LogP contribution in [0.4, 0.5) is 5.69 Å². The van der Waals surface area contributed by atoms with Crippen molar-refractivity contribution in [2.75, 3.05) is 12.3 Å². The first-order valence-electron chi connectivity index (χ1n) is 7.49. The highest BCUT2D eigenvalue weighted by atomic mass is 16.5. The summed E-state index contributed by atoms with van der Waals surface area (Å²) in [6, 6.07) is 6.51. The van der Waals surface area contributed by atoms with Crippen molar-refractivity contribution in [3.63, 3.8) is 0 Å². The number of H-pyrrole nitrogens is 1. The highest BCUT2D eigenvalue weighted by Gasteiger charge is 2.18. The second-order valence-corrected chi connectivity index (χ2v) is 5.21. The van der Waals surface area contributed by atoms with Crippen LogP contribution in [0.25, 0.3) is 0 Å². The molecule has 7 heteroatoms. The molecule has 126 valence electrons. The average Bonchev–Trinajstić information content (AvgIpc) is 2.82. The van der Waals surface area contributed by atoms with E-state index in [1.807, 2.05) is 0 Å². The minimum atomic E-state index is -0.380. The number of aryl methyl sites for hydroxylation is 1. The van der Waals surface area contributed by atoms with Crippen LogP contribution in [-0.4, -0.2) is 29.7 Å². The molecular formula is C17H20N4O3. The third kappa shape index (κ3) is 3.81. The van der Waals surface area contributed by atoms with Gasteiger partial charge in [-0.15, -0.1) is 0 Å². The Hall–Kier alpha value is -3.09. The number of ether oxygens (including phenoxy) is 1. The first-order valence-corrected chi connectivity index (χ1v) is 7.49. The van der Waals surface area contributed by atoms with Gasteiger partial charge in [0, 0.05) is 16.9 Å². The van der Waals surface area contributed by atoms with E-state index in [2.05, 4.69) is 15.5 Å². The number of rotatable bonds is 5. The number of benzene rings is 1. The molecule has 0 fully saturated rings. The zero-order valence-electron chi connectivity index (χ0n) is 13.8. The van der Waals surface area contributed by atoms with Crippen molar-refractivity contribution in [1.82, 2.24) is 10.4 Å². The van der Waals surface area contributed by atoms with Gasteiger partial charge in [0.2, 0.25) is 0 Å². The number of esters is 1. The Morgan fingerprint density at radius 2 is 1.96 bits per heavy atom. The molecule has 0 spiro atoms.